The number of rotatable bonds is 0. The quantitative estimate of drug-likeness (QED) is 0.594. The normalized spacial score (nSPS) is 19.0. The average Bonchev–Trinajstić information content (AvgIpc) is 2.62. The predicted octanol–water partition coefficient (Wildman–Crippen LogP) is -0.790. The molecule has 3 rings (SSSR count). The Kier molecular flexibility index (Phi) is 2.00. The molecule has 2 aromatic heterocycles. The van der Waals surface area contributed by atoms with Crippen molar-refractivity contribution in [2.75, 3.05) is 6.54 Å². The summed E-state index contributed by atoms with van der Waals surface area (Å²) < 4.78 is 3.40. The number of aromatic nitrogens is 3. The van der Waals surface area contributed by atoms with Crippen molar-refractivity contribution >= 4 is 27.8 Å². The van der Waals surface area contributed by atoms with Crippen LogP contribution in [0.2, 0.25) is 0 Å². The summed E-state index contributed by atoms with van der Waals surface area (Å²) >= 11 is 3.50. The molecule has 0 amide bonds. The van der Waals surface area contributed by atoms with E-state index in [4.69, 9.17) is 0 Å². The Hall–Kier alpha value is -1.43. The fourth-order valence-corrected chi connectivity index (χ4v) is 2.22. The van der Waals surface area contributed by atoms with Gasteiger partial charge in [-0.1, -0.05) is 15.9 Å². The maximum absolute atomic E-state index is 11.5. The molecule has 0 saturated carbocycles. The topological polar surface area (TPSA) is 51.7 Å². The van der Waals surface area contributed by atoms with Gasteiger partial charge in [0.05, 0.1) is 16.7 Å². The molecule has 0 spiro atoms. The lowest BCUT2D eigenvalue weighted by Gasteiger charge is -2.02. The van der Waals surface area contributed by atoms with Gasteiger partial charge in [0.15, 0.2) is 5.49 Å². The van der Waals surface area contributed by atoms with Crippen LogP contribution in [-0.2, 0) is 7.05 Å². The molecule has 1 atom stereocenters. The molecule has 0 aromatic carbocycles. The van der Waals surface area contributed by atoms with Crippen LogP contribution in [0.5, 0.6) is 0 Å². The third-order valence-corrected chi connectivity index (χ3v) is 3.21. The van der Waals surface area contributed by atoms with Crippen molar-refractivity contribution in [3.05, 3.63) is 33.5 Å². The van der Waals surface area contributed by atoms with E-state index in [0.29, 0.717) is 17.8 Å². The van der Waals surface area contributed by atoms with Gasteiger partial charge >= 0.3 is 0 Å². The Balaban J connectivity index is 2.58. The second kappa shape index (κ2) is 3.28. The molecule has 82 valence electrons. The number of alkyl halides is 1. The monoisotopic (exact) mass is 280 g/mol. The minimum atomic E-state index is -0.0646. The molecule has 5 nitrogen and oxygen atoms in total. The van der Waals surface area contributed by atoms with Crippen LogP contribution in [0, 0.1) is 0 Å². The Labute approximate surface area is 98.9 Å². The first-order chi connectivity index (χ1) is 7.66. The third kappa shape index (κ3) is 1.26. The predicted molar refractivity (Wildman–Crippen MR) is 63.3 cm³/mol. The van der Waals surface area contributed by atoms with Crippen molar-refractivity contribution < 1.29 is 0 Å². The molecule has 16 heavy (non-hydrogen) atoms. The summed E-state index contributed by atoms with van der Waals surface area (Å²) in [6.07, 6.45) is 3.80. The van der Waals surface area contributed by atoms with Crippen molar-refractivity contribution in [1.29, 1.82) is 0 Å². The van der Waals surface area contributed by atoms with E-state index in [2.05, 4.69) is 32.0 Å². The first kappa shape index (κ1) is 9.77. The lowest BCUT2D eigenvalue weighted by atomic mass is 10.3. The molecule has 0 radical (unpaired) electrons. The molecule has 0 fully saturated rings. The number of hydrogen-bond acceptors (Lipinski definition) is 3. The van der Waals surface area contributed by atoms with Gasteiger partial charge in [-0.25, -0.2) is 0 Å². The van der Waals surface area contributed by atoms with Gasteiger partial charge in [-0.15, -0.1) is 0 Å². The van der Waals surface area contributed by atoms with Crippen LogP contribution in [-0.4, -0.2) is 25.3 Å². The van der Waals surface area contributed by atoms with E-state index in [-0.39, 0.29) is 10.4 Å². The van der Waals surface area contributed by atoms with Crippen molar-refractivity contribution in [2.24, 2.45) is 12.0 Å². The van der Waals surface area contributed by atoms with Crippen LogP contribution in [0.25, 0.3) is 11.9 Å². The van der Waals surface area contributed by atoms with Gasteiger partial charge in [-0.05, 0) is 6.08 Å². The zero-order valence-electron chi connectivity index (χ0n) is 8.59. The first-order valence-electron chi connectivity index (χ1n) is 4.91. The standard InChI is InChI=1S/C10H9BrN4O/c1-14-8(16)2-3-15-7-4-6(11)5-12-9(7)13-10(14)15/h2-4,6H,5H2,1H3. The molecule has 1 aliphatic rings. The van der Waals surface area contributed by atoms with Crippen molar-refractivity contribution in [3.8, 4) is 0 Å². The number of imidazole rings is 1. The number of halogens is 1. The van der Waals surface area contributed by atoms with Crippen LogP contribution in [0.1, 0.15) is 0 Å². The van der Waals surface area contributed by atoms with Crippen molar-refractivity contribution in [2.45, 2.75) is 4.83 Å². The average molecular weight is 281 g/mol. The molecule has 2 aromatic rings. The lowest BCUT2D eigenvalue weighted by molar-refractivity contribution is 0.839. The maximum Gasteiger partial charge on any atom is 0.254 e. The molecule has 1 aliphatic heterocycles. The minimum absolute atomic E-state index is 0.0646. The number of aryl methyl sites for hydroxylation is 1. The fraction of sp³-hybridized carbons (Fsp3) is 0.300. The minimum Gasteiger partial charge on any atom is -0.284 e. The fourth-order valence-electron chi connectivity index (χ4n) is 1.82. The van der Waals surface area contributed by atoms with Crippen LogP contribution < -0.4 is 16.4 Å². The van der Waals surface area contributed by atoms with E-state index >= 15 is 0 Å². The highest BCUT2D eigenvalue weighted by Gasteiger charge is 2.10. The molecule has 3 heterocycles. The highest BCUT2D eigenvalue weighted by Crippen LogP contribution is 2.02. The van der Waals surface area contributed by atoms with Gasteiger partial charge < -0.3 is 0 Å². The SMILES string of the molecule is Cn1c(=O)ccn2c3c(nc12)=NCC(Br)C=3. The third-order valence-electron chi connectivity index (χ3n) is 2.66. The second-order valence-corrected chi connectivity index (χ2v) is 4.90. The van der Waals surface area contributed by atoms with Crippen LogP contribution in [0.15, 0.2) is 22.1 Å². The van der Waals surface area contributed by atoms with Gasteiger partial charge in [-0.2, -0.15) is 4.98 Å². The van der Waals surface area contributed by atoms with E-state index < -0.39 is 0 Å². The van der Waals surface area contributed by atoms with E-state index in [0.717, 1.165) is 5.35 Å². The first-order valence-corrected chi connectivity index (χ1v) is 5.83. The zero-order chi connectivity index (χ0) is 11.3. The summed E-state index contributed by atoms with van der Waals surface area (Å²) in [5.41, 5.74) is 0.641. The van der Waals surface area contributed by atoms with Crippen LogP contribution in [0.3, 0.4) is 0 Å². The van der Waals surface area contributed by atoms with Crippen molar-refractivity contribution in [1.82, 2.24) is 14.0 Å². The smallest absolute Gasteiger partial charge is 0.254 e. The van der Waals surface area contributed by atoms with Gasteiger partial charge in [0, 0.05) is 19.3 Å². The largest absolute Gasteiger partial charge is 0.284 e. The van der Waals surface area contributed by atoms with E-state index in [1.54, 1.807) is 13.2 Å². The lowest BCUT2D eigenvalue weighted by Crippen LogP contribution is -2.33. The van der Waals surface area contributed by atoms with Gasteiger partial charge in [0.25, 0.3) is 5.56 Å². The van der Waals surface area contributed by atoms with Crippen LogP contribution in [0.4, 0.5) is 0 Å². The second-order valence-electron chi connectivity index (χ2n) is 3.73. The Morgan fingerprint density at radius 3 is 3.19 bits per heavy atom. The molecule has 1 unspecified atom stereocenters. The van der Waals surface area contributed by atoms with E-state index in [1.165, 1.54) is 10.6 Å². The Bertz CT molecular complexity index is 742. The number of fused-ring (bicyclic) bond motifs is 3. The summed E-state index contributed by atoms with van der Waals surface area (Å²) in [6, 6.07) is 1.53. The summed E-state index contributed by atoms with van der Waals surface area (Å²) in [4.78, 5) is 20.4. The van der Waals surface area contributed by atoms with Gasteiger partial charge in [-0.3, -0.25) is 18.8 Å². The zero-order valence-corrected chi connectivity index (χ0v) is 10.2. The molecule has 0 N–H and O–H groups in total. The Morgan fingerprint density at radius 1 is 1.56 bits per heavy atom. The highest BCUT2D eigenvalue weighted by atomic mass is 79.9. The Morgan fingerprint density at radius 2 is 2.38 bits per heavy atom. The molecular formula is C10H9BrN4O. The van der Waals surface area contributed by atoms with Crippen LogP contribution >= 0.6 is 15.9 Å². The molecular weight excluding hydrogens is 272 g/mol. The summed E-state index contributed by atoms with van der Waals surface area (Å²) in [6.45, 7) is 0.685. The summed E-state index contributed by atoms with van der Waals surface area (Å²) in [5, 5.41) is 0.943. The molecule has 0 saturated heterocycles. The van der Waals surface area contributed by atoms with Crippen molar-refractivity contribution in [3.63, 3.8) is 0 Å². The maximum atomic E-state index is 11.5. The molecule has 6 heteroatoms. The summed E-state index contributed by atoms with van der Waals surface area (Å²) in [7, 11) is 1.71. The van der Waals surface area contributed by atoms with Gasteiger partial charge in [0.2, 0.25) is 5.78 Å². The number of hydrogen-bond donors (Lipinski definition) is 0. The van der Waals surface area contributed by atoms with E-state index in [1.807, 2.05) is 4.40 Å². The number of nitrogens with zero attached hydrogens (tertiary/aromatic N) is 4. The van der Waals surface area contributed by atoms with Gasteiger partial charge in [0.1, 0.15) is 0 Å². The highest BCUT2D eigenvalue weighted by molar-refractivity contribution is 9.09. The summed E-state index contributed by atoms with van der Waals surface area (Å²) in [5.74, 6) is 0.624. The molecule has 0 aliphatic carbocycles. The molecule has 0 bridgehead atoms. The van der Waals surface area contributed by atoms with E-state index in [9.17, 15) is 4.79 Å².